The van der Waals surface area contributed by atoms with Crippen LogP contribution in [0.1, 0.15) is 0 Å². The molecule has 1 aromatic carbocycles. The van der Waals surface area contributed by atoms with Gasteiger partial charge in [-0.15, -0.1) is 0 Å². The number of H-pyrrole nitrogens is 1. The Morgan fingerprint density at radius 2 is 1.90 bits per heavy atom. The number of aromatic amines is 1. The fraction of sp³-hybridized carbons (Fsp3) is 0.316. The number of halogens is 1. The van der Waals surface area contributed by atoms with Crippen LogP contribution in [0.5, 0.6) is 5.75 Å². The van der Waals surface area contributed by atoms with Crippen molar-refractivity contribution < 1.29 is 22.5 Å². The predicted molar refractivity (Wildman–Crippen MR) is 113 cm³/mol. The van der Waals surface area contributed by atoms with Gasteiger partial charge in [-0.05, 0) is 24.3 Å². The number of sulfonamides is 1. The number of anilines is 1. The molecule has 0 amide bonds. The Morgan fingerprint density at radius 3 is 2.52 bits per heavy atom. The molecule has 10 nitrogen and oxygen atoms in total. The molecule has 1 fully saturated rings. The van der Waals surface area contributed by atoms with E-state index in [0.29, 0.717) is 16.9 Å². The lowest BCUT2D eigenvalue weighted by Gasteiger charge is -2.33. The van der Waals surface area contributed by atoms with Crippen LogP contribution in [-0.4, -0.2) is 67.2 Å². The topological polar surface area (TPSA) is 122 Å². The smallest absolute Gasteiger partial charge is 0.321 e. The quantitative estimate of drug-likeness (QED) is 0.469. The molecule has 0 unspecified atom stereocenters. The number of ether oxygens (including phenoxy) is 1. The lowest BCUT2D eigenvalue weighted by atomic mass is 10.0. The Labute approximate surface area is 177 Å². The summed E-state index contributed by atoms with van der Waals surface area (Å²) < 4.78 is 44.2. The third-order valence-electron chi connectivity index (χ3n) is 5.31. The van der Waals surface area contributed by atoms with Gasteiger partial charge in [-0.3, -0.25) is 10.1 Å². The predicted octanol–water partition coefficient (Wildman–Crippen LogP) is 2.37. The zero-order chi connectivity index (χ0) is 22.3. The molecule has 3 aromatic rings. The van der Waals surface area contributed by atoms with E-state index in [4.69, 9.17) is 4.74 Å². The van der Waals surface area contributed by atoms with E-state index in [1.807, 2.05) is 0 Å². The fourth-order valence-corrected chi connectivity index (χ4v) is 4.68. The average Bonchev–Trinajstić information content (AvgIpc) is 3.13. The number of piperazine rings is 1. The van der Waals surface area contributed by atoms with E-state index < -0.39 is 20.8 Å². The van der Waals surface area contributed by atoms with Gasteiger partial charge in [0.2, 0.25) is 10.0 Å². The number of methoxy groups -OCH3 is 1. The van der Waals surface area contributed by atoms with Crippen LogP contribution in [0.25, 0.3) is 22.2 Å². The average molecular weight is 449 g/mol. The maximum Gasteiger partial charge on any atom is 0.321 e. The van der Waals surface area contributed by atoms with Crippen molar-refractivity contribution in [3.63, 3.8) is 0 Å². The minimum Gasteiger partial charge on any atom is -0.496 e. The first-order valence-electron chi connectivity index (χ1n) is 9.39. The number of fused-ring (bicyclic) bond motifs is 1. The number of hydrogen-bond acceptors (Lipinski definition) is 7. The summed E-state index contributed by atoms with van der Waals surface area (Å²) in [4.78, 5) is 20.5. The molecule has 3 heterocycles. The standard InChI is InChI=1S/C19H20FN5O5S/c1-30-15-4-3-12(20)11-14(15)13-5-6-21-18-16(13)17(25(26)27)19(22-18)23-7-9-24(10-8-23)31(2,28)29/h3-6,11H,7-10H2,1-2H3,(H,21,22). The Kier molecular flexibility index (Phi) is 5.27. The number of rotatable bonds is 5. The molecule has 0 radical (unpaired) electrons. The van der Waals surface area contributed by atoms with Crippen molar-refractivity contribution in [3.8, 4) is 16.9 Å². The van der Waals surface area contributed by atoms with Gasteiger partial charge in [-0.2, -0.15) is 4.31 Å². The largest absolute Gasteiger partial charge is 0.496 e. The van der Waals surface area contributed by atoms with E-state index in [9.17, 15) is 22.9 Å². The summed E-state index contributed by atoms with van der Waals surface area (Å²) >= 11 is 0. The lowest BCUT2D eigenvalue weighted by Crippen LogP contribution is -2.48. The van der Waals surface area contributed by atoms with Crippen LogP contribution in [0.3, 0.4) is 0 Å². The molecule has 31 heavy (non-hydrogen) atoms. The number of pyridine rings is 1. The third-order valence-corrected chi connectivity index (χ3v) is 6.61. The van der Waals surface area contributed by atoms with Crippen molar-refractivity contribution >= 4 is 32.6 Å². The van der Waals surface area contributed by atoms with Crippen LogP contribution in [-0.2, 0) is 10.0 Å². The highest BCUT2D eigenvalue weighted by Crippen LogP contribution is 2.43. The minimum atomic E-state index is -3.34. The van der Waals surface area contributed by atoms with Crippen LogP contribution in [0.2, 0.25) is 0 Å². The number of nitrogens with one attached hydrogen (secondary N) is 1. The van der Waals surface area contributed by atoms with Gasteiger partial charge in [0, 0.05) is 43.5 Å². The van der Waals surface area contributed by atoms with Gasteiger partial charge < -0.3 is 14.6 Å². The van der Waals surface area contributed by atoms with Gasteiger partial charge in [0.05, 0.1) is 18.3 Å². The van der Waals surface area contributed by atoms with E-state index >= 15 is 0 Å². The Bertz CT molecular complexity index is 1270. The monoisotopic (exact) mass is 449 g/mol. The highest BCUT2D eigenvalue weighted by Gasteiger charge is 2.32. The second-order valence-corrected chi connectivity index (χ2v) is 9.14. The van der Waals surface area contributed by atoms with Crippen LogP contribution >= 0.6 is 0 Å². The maximum atomic E-state index is 14.0. The van der Waals surface area contributed by atoms with E-state index in [0.717, 1.165) is 6.26 Å². The van der Waals surface area contributed by atoms with Crippen molar-refractivity contribution in [1.29, 1.82) is 0 Å². The lowest BCUT2D eigenvalue weighted by molar-refractivity contribution is -0.382. The zero-order valence-electron chi connectivity index (χ0n) is 16.8. The molecular formula is C19H20FN5O5S. The summed E-state index contributed by atoms with van der Waals surface area (Å²) in [7, 11) is -1.90. The molecule has 0 bridgehead atoms. The third kappa shape index (κ3) is 3.79. The molecule has 2 aromatic heterocycles. The van der Waals surface area contributed by atoms with Gasteiger partial charge in [0.1, 0.15) is 22.6 Å². The summed E-state index contributed by atoms with van der Waals surface area (Å²) in [5.41, 5.74) is 0.851. The normalized spacial score (nSPS) is 15.4. The molecule has 4 rings (SSSR count). The Balaban J connectivity index is 1.86. The summed E-state index contributed by atoms with van der Waals surface area (Å²) in [6.07, 6.45) is 2.62. The van der Waals surface area contributed by atoms with Gasteiger partial charge in [0.25, 0.3) is 0 Å². The molecule has 0 aliphatic carbocycles. The van der Waals surface area contributed by atoms with E-state index in [-0.39, 0.29) is 48.7 Å². The second-order valence-electron chi connectivity index (χ2n) is 7.16. The number of benzene rings is 1. The first-order chi connectivity index (χ1) is 14.7. The van der Waals surface area contributed by atoms with Crippen LogP contribution in [0.15, 0.2) is 30.5 Å². The van der Waals surface area contributed by atoms with Crippen molar-refractivity contribution in [2.75, 3.05) is 44.4 Å². The van der Waals surface area contributed by atoms with Gasteiger partial charge >= 0.3 is 5.69 Å². The second kappa shape index (κ2) is 7.78. The molecule has 1 N–H and O–H groups in total. The minimum absolute atomic E-state index is 0.197. The van der Waals surface area contributed by atoms with E-state index in [1.54, 1.807) is 11.0 Å². The summed E-state index contributed by atoms with van der Waals surface area (Å²) in [6, 6.07) is 5.54. The van der Waals surface area contributed by atoms with Gasteiger partial charge in [0.15, 0.2) is 5.82 Å². The Morgan fingerprint density at radius 1 is 1.19 bits per heavy atom. The van der Waals surface area contributed by atoms with Crippen molar-refractivity contribution in [3.05, 3.63) is 46.4 Å². The first kappa shape index (κ1) is 21.0. The summed E-state index contributed by atoms with van der Waals surface area (Å²) in [5, 5.41) is 12.3. The molecule has 1 aliphatic rings. The zero-order valence-corrected chi connectivity index (χ0v) is 17.6. The van der Waals surface area contributed by atoms with Gasteiger partial charge in [-0.1, -0.05) is 0 Å². The Hall–Kier alpha value is -3.25. The number of nitrogens with zero attached hydrogens (tertiary/aromatic N) is 4. The highest BCUT2D eigenvalue weighted by atomic mass is 32.2. The van der Waals surface area contributed by atoms with E-state index in [1.165, 1.54) is 35.8 Å². The molecule has 0 atom stereocenters. The summed E-state index contributed by atoms with van der Waals surface area (Å²) in [6.45, 7) is 0.978. The molecule has 12 heteroatoms. The molecule has 164 valence electrons. The van der Waals surface area contributed by atoms with Crippen LogP contribution < -0.4 is 9.64 Å². The number of aromatic nitrogens is 2. The molecule has 1 saturated heterocycles. The molecule has 0 saturated carbocycles. The first-order valence-corrected chi connectivity index (χ1v) is 11.2. The summed E-state index contributed by atoms with van der Waals surface area (Å²) in [5.74, 6) is 0.104. The van der Waals surface area contributed by atoms with Crippen molar-refractivity contribution in [2.24, 2.45) is 0 Å². The van der Waals surface area contributed by atoms with Crippen molar-refractivity contribution in [2.45, 2.75) is 0 Å². The van der Waals surface area contributed by atoms with E-state index in [2.05, 4.69) is 9.97 Å². The molecule has 1 aliphatic heterocycles. The molecular weight excluding hydrogens is 429 g/mol. The van der Waals surface area contributed by atoms with Crippen LogP contribution in [0, 0.1) is 15.9 Å². The molecule has 0 spiro atoms. The van der Waals surface area contributed by atoms with Gasteiger partial charge in [-0.25, -0.2) is 17.8 Å². The number of hydrogen-bond donors (Lipinski definition) is 1. The number of nitro groups is 1. The highest BCUT2D eigenvalue weighted by molar-refractivity contribution is 7.88. The maximum absolute atomic E-state index is 14.0. The van der Waals surface area contributed by atoms with Crippen LogP contribution in [0.4, 0.5) is 15.9 Å². The fourth-order valence-electron chi connectivity index (χ4n) is 3.85. The SMILES string of the molecule is COc1ccc(F)cc1-c1ccnc2[nH]c(N3CCN(S(C)(=O)=O)CC3)c([N+](=O)[O-])c12. The van der Waals surface area contributed by atoms with Crippen molar-refractivity contribution in [1.82, 2.24) is 14.3 Å².